The van der Waals surface area contributed by atoms with Crippen LogP contribution < -0.4 is 10.5 Å². The van der Waals surface area contributed by atoms with Gasteiger partial charge in [0.2, 0.25) is 10.0 Å². The fourth-order valence-corrected chi connectivity index (χ4v) is 3.23. The third-order valence-electron chi connectivity index (χ3n) is 2.74. The van der Waals surface area contributed by atoms with Gasteiger partial charge in [-0.2, -0.15) is 0 Å². The molecule has 112 valence electrons. The zero-order valence-electron chi connectivity index (χ0n) is 11.1. The van der Waals surface area contributed by atoms with Crippen LogP contribution in [0.15, 0.2) is 41.9 Å². The van der Waals surface area contributed by atoms with Crippen molar-refractivity contribution in [3.05, 3.63) is 42.7 Å². The number of rotatable bonds is 7. The smallest absolute Gasteiger partial charge is 0.242 e. The summed E-state index contributed by atoms with van der Waals surface area (Å²) in [6, 6.07) is 2.96. The maximum Gasteiger partial charge on any atom is 0.242 e. The number of nitrogens with one attached hydrogen (secondary N) is 1. The first kappa shape index (κ1) is 15.5. The van der Waals surface area contributed by atoms with E-state index in [0.29, 0.717) is 19.5 Å². The van der Waals surface area contributed by atoms with Crippen molar-refractivity contribution in [1.29, 1.82) is 0 Å². The molecule has 0 saturated heterocycles. The number of nitrogens with zero attached hydrogens (tertiary/aromatic N) is 3. The van der Waals surface area contributed by atoms with Crippen molar-refractivity contribution in [3.8, 4) is 0 Å². The van der Waals surface area contributed by atoms with Gasteiger partial charge >= 0.3 is 0 Å². The average Bonchev–Trinajstić information content (AvgIpc) is 2.97. The standard InChI is InChI=1S/C12H15N5O2S2/c13-12(20)11-10(3-1-4-15-11)21(18,19)16-5-2-7-17-8-6-14-9-17/h1,3-4,6,8-9,16H,2,5,7H2,(H2,13,20). The van der Waals surface area contributed by atoms with Crippen molar-refractivity contribution in [2.75, 3.05) is 6.54 Å². The highest BCUT2D eigenvalue weighted by Crippen LogP contribution is 2.12. The molecule has 0 fully saturated rings. The molecule has 2 aromatic rings. The molecule has 2 rings (SSSR count). The summed E-state index contributed by atoms with van der Waals surface area (Å²) in [6.07, 6.45) is 7.26. The monoisotopic (exact) mass is 325 g/mol. The summed E-state index contributed by atoms with van der Waals surface area (Å²) in [4.78, 5) is 7.78. The molecule has 0 atom stereocenters. The second-order valence-corrected chi connectivity index (χ2v) is 6.44. The van der Waals surface area contributed by atoms with Crippen LogP contribution in [0.3, 0.4) is 0 Å². The molecular weight excluding hydrogens is 310 g/mol. The first-order valence-electron chi connectivity index (χ1n) is 6.21. The van der Waals surface area contributed by atoms with Crippen LogP contribution in [0, 0.1) is 0 Å². The molecule has 21 heavy (non-hydrogen) atoms. The third-order valence-corrected chi connectivity index (χ3v) is 4.42. The molecule has 0 radical (unpaired) electrons. The first-order chi connectivity index (χ1) is 10.0. The van der Waals surface area contributed by atoms with Crippen LogP contribution in [0.2, 0.25) is 0 Å². The highest BCUT2D eigenvalue weighted by Gasteiger charge is 2.19. The van der Waals surface area contributed by atoms with Crippen LogP contribution in [0.4, 0.5) is 0 Å². The predicted molar refractivity (Wildman–Crippen MR) is 82.2 cm³/mol. The minimum Gasteiger partial charge on any atom is -0.388 e. The quantitative estimate of drug-likeness (QED) is 0.560. The molecule has 0 aliphatic heterocycles. The third kappa shape index (κ3) is 4.06. The minimum atomic E-state index is -3.68. The lowest BCUT2D eigenvalue weighted by Crippen LogP contribution is -2.28. The van der Waals surface area contributed by atoms with Gasteiger partial charge in [0, 0.05) is 31.7 Å². The van der Waals surface area contributed by atoms with E-state index in [1.165, 1.54) is 18.3 Å². The van der Waals surface area contributed by atoms with Crippen molar-refractivity contribution in [2.45, 2.75) is 17.9 Å². The van der Waals surface area contributed by atoms with Gasteiger partial charge in [-0.3, -0.25) is 4.98 Å². The Bertz CT molecular complexity index is 713. The molecule has 0 aliphatic rings. The SMILES string of the molecule is NC(=S)c1ncccc1S(=O)(=O)NCCCn1ccnc1. The molecular formula is C12H15N5O2S2. The zero-order valence-corrected chi connectivity index (χ0v) is 12.8. The van der Waals surface area contributed by atoms with Gasteiger partial charge < -0.3 is 10.3 Å². The van der Waals surface area contributed by atoms with Gasteiger partial charge in [0.25, 0.3) is 0 Å². The Morgan fingerprint density at radius 3 is 2.90 bits per heavy atom. The van der Waals surface area contributed by atoms with Crippen molar-refractivity contribution < 1.29 is 8.42 Å². The summed E-state index contributed by atoms with van der Waals surface area (Å²) in [7, 11) is -3.68. The van der Waals surface area contributed by atoms with Crippen LogP contribution >= 0.6 is 12.2 Å². The largest absolute Gasteiger partial charge is 0.388 e. The van der Waals surface area contributed by atoms with Crippen LogP contribution in [0.5, 0.6) is 0 Å². The Kier molecular flexibility index (Phi) is 4.99. The van der Waals surface area contributed by atoms with Crippen LogP contribution in [-0.4, -0.2) is 34.5 Å². The van der Waals surface area contributed by atoms with E-state index in [1.807, 2.05) is 10.8 Å². The van der Waals surface area contributed by atoms with Crippen molar-refractivity contribution in [1.82, 2.24) is 19.3 Å². The second-order valence-electron chi connectivity index (χ2n) is 4.27. The molecule has 3 N–H and O–H groups in total. The molecule has 7 nitrogen and oxygen atoms in total. The van der Waals surface area contributed by atoms with E-state index in [-0.39, 0.29) is 15.6 Å². The maximum atomic E-state index is 12.2. The number of aryl methyl sites for hydroxylation is 1. The Morgan fingerprint density at radius 1 is 1.43 bits per heavy atom. The van der Waals surface area contributed by atoms with E-state index in [2.05, 4.69) is 14.7 Å². The highest BCUT2D eigenvalue weighted by atomic mass is 32.2. The summed E-state index contributed by atoms with van der Waals surface area (Å²) >= 11 is 4.82. The fourth-order valence-electron chi connectivity index (χ4n) is 1.76. The Hall–Kier alpha value is -1.84. The van der Waals surface area contributed by atoms with Gasteiger partial charge in [-0.25, -0.2) is 18.1 Å². The molecule has 0 amide bonds. The Morgan fingerprint density at radius 2 is 2.24 bits per heavy atom. The number of pyridine rings is 1. The van der Waals surface area contributed by atoms with Gasteiger partial charge in [-0.15, -0.1) is 0 Å². The van der Waals surface area contributed by atoms with Crippen LogP contribution in [0.1, 0.15) is 12.1 Å². The number of hydrogen-bond donors (Lipinski definition) is 2. The van der Waals surface area contributed by atoms with Gasteiger partial charge in [-0.1, -0.05) is 12.2 Å². The lowest BCUT2D eigenvalue weighted by Gasteiger charge is -2.10. The fraction of sp³-hybridized carbons (Fsp3) is 0.250. The molecule has 9 heteroatoms. The molecule has 0 aromatic carbocycles. The number of hydrogen-bond acceptors (Lipinski definition) is 5. The van der Waals surface area contributed by atoms with Gasteiger partial charge in [0.1, 0.15) is 15.6 Å². The molecule has 0 spiro atoms. The van der Waals surface area contributed by atoms with E-state index in [1.54, 1.807) is 12.5 Å². The van der Waals surface area contributed by atoms with Crippen LogP contribution in [0.25, 0.3) is 0 Å². The maximum absolute atomic E-state index is 12.2. The van der Waals surface area contributed by atoms with Crippen molar-refractivity contribution in [3.63, 3.8) is 0 Å². The summed E-state index contributed by atoms with van der Waals surface area (Å²) < 4.78 is 28.9. The Labute approximate surface area is 128 Å². The van der Waals surface area contributed by atoms with Crippen molar-refractivity contribution >= 4 is 27.2 Å². The van der Waals surface area contributed by atoms with Crippen LogP contribution in [-0.2, 0) is 16.6 Å². The minimum absolute atomic E-state index is 0.000121. The zero-order chi connectivity index (χ0) is 15.3. The first-order valence-corrected chi connectivity index (χ1v) is 8.10. The lowest BCUT2D eigenvalue weighted by molar-refractivity contribution is 0.569. The van der Waals surface area contributed by atoms with Gasteiger partial charge in [-0.05, 0) is 18.6 Å². The molecule has 0 unspecified atom stereocenters. The average molecular weight is 325 g/mol. The summed E-state index contributed by atoms with van der Waals surface area (Å²) in [6.45, 7) is 0.976. The lowest BCUT2D eigenvalue weighted by atomic mass is 10.3. The van der Waals surface area contributed by atoms with Gasteiger partial charge in [0.15, 0.2) is 0 Å². The highest BCUT2D eigenvalue weighted by molar-refractivity contribution is 7.89. The number of aromatic nitrogens is 3. The van der Waals surface area contributed by atoms with E-state index in [4.69, 9.17) is 18.0 Å². The summed E-state index contributed by atoms with van der Waals surface area (Å²) in [5.41, 5.74) is 5.60. The van der Waals surface area contributed by atoms with E-state index in [0.717, 1.165) is 0 Å². The van der Waals surface area contributed by atoms with Gasteiger partial charge in [0.05, 0.1) is 6.33 Å². The predicted octanol–water partition coefficient (Wildman–Crippen LogP) is 0.281. The Balaban J connectivity index is 2.00. The number of sulfonamides is 1. The number of thiocarbonyl (C=S) groups is 1. The molecule has 2 aromatic heterocycles. The van der Waals surface area contributed by atoms with Crippen molar-refractivity contribution in [2.24, 2.45) is 5.73 Å². The normalized spacial score (nSPS) is 11.4. The summed E-state index contributed by atoms with van der Waals surface area (Å²) in [5, 5.41) is 0. The second kappa shape index (κ2) is 6.74. The van der Waals surface area contributed by atoms with E-state index in [9.17, 15) is 8.42 Å². The topological polar surface area (TPSA) is 103 Å². The molecule has 0 saturated carbocycles. The number of nitrogens with two attached hydrogens (primary N) is 1. The summed E-state index contributed by atoms with van der Waals surface area (Å²) in [5.74, 6) is 0. The van der Waals surface area contributed by atoms with E-state index >= 15 is 0 Å². The molecule has 0 bridgehead atoms. The van der Waals surface area contributed by atoms with E-state index < -0.39 is 10.0 Å². The number of imidazole rings is 1. The molecule has 2 heterocycles. The molecule has 0 aliphatic carbocycles.